The molecular formula is C41H35Cl2Zr. The Morgan fingerprint density at radius 2 is 1.34 bits per heavy atom. The minimum Gasteiger partial charge on any atom is -1.00 e. The Morgan fingerprint density at radius 3 is 1.95 bits per heavy atom. The molecule has 5 aromatic carbocycles. The van der Waals surface area contributed by atoms with Crippen molar-refractivity contribution in [3.63, 3.8) is 0 Å². The standard InChI is InChI=1S/C41H35.2ClH.Zr/c1-5-28-17-19-34-32(23-28)24-37-36(34)25-38(40(29-13-9-7-10-14-29)30-15-11-8-12-16-30)33(6-2)41(37)35-20-18-31-22-26(3)21-27(4)39(31)35;;;/h7-23,25,35H,5-6H2,1-4H3;2*1H;/q;;;+2/p-2. The molecule has 0 saturated heterocycles. The van der Waals surface area contributed by atoms with Crippen molar-refractivity contribution in [2.45, 2.75) is 46.5 Å². The molecular weight excluding hydrogens is 655 g/mol. The van der Waals surface area contributed by atoms with Crippen LogP contribution in [0.1, 0.15) is 75.4 Å². The van der Waals surface area contributed by atoms with E-state index in [1.807, 2.05) is 0 Å². The number of fused-ring (bicyclic) bond motifs is 4. The van der Waals surface area contributed by atoms with Crippen LogP contribution in [-0.4, -0.2) is 0 Å². The summed E-state index contributed by atoms with van der Waals surface area (Å²) in [6.45, 7) is 9.13. The first-order chi connectivity index (χ1) is 20.5. The van der Waals surface area contributed by atoms with E-state index < -0.39 is 0 Å². The van der Waals surface area contributed by atoms with Crippen LogP contribution in [0.3, 0.4) is 0 Å². The molecule has 0 aromatic heterocycles. The first-order valence-corrected chi connectivity index (χ1v) is 16.4. The van der Waals surface area contributed by atoms with Crippen molar-refractivity contribution in [3.8, 4) is 11.1 Å². The van der Waals surface area contributed by atoms with E-state index in [1.165, 1.54) is 111 Å². The zero-order valence-electron chi connectivity index (χ0n) is 25.6. The van der Waals surface area contributed by atoms with Crippen LogP contribution in [-0.2, 0) is 37.6 Å². The van der Waals surface area contributed by atoms with Crippen LogP contribution in [0, 0.1) is 13.8 Å². The molecule has 1 unspecified atom stereocenters. The van der Waals surface area contributed by atoms with Crippen molar-refractivity contribution in [1.82, 2.24) is 0 Å². The summed E-state index contributed by atoms with van der Waals surface area (Å²) < 4.78 is 1.51. The van der Waals surface area contributed by atoms with E-state index in [2.05, 4.69) is 137 Å². The maximum absolute atomic E-state index is 2.54. The van der Waals surface area contributed by atoms with Gasteiger partial charge in [-0.3, -0.25) is 0 Å². The van der Waals surface area contributed by atoms with E-state index in [0.29, 0.717) is 0 Å². The fourth-order valence-electron chi connectivity index (χ4n) is 7.36. The Hall–Kier alpha value is -2.96. The van der Waals surface area contributed by atoms with Crippen molar-refractivity contribution in [1.29, 1.82) is 0 Å². The molecule has 2 aliphatic carbocycles. The molecule has 3 heteroatoms. The van der Waals surface area contributed by atoms with Gasteiger partial charge in [-0.2, -0.15) is 0 Å². The van der Waals surface area contributed by atoms with Crippen molar-refractivity contribution in [2.75, 3.05) is 0 Å². The molecule has 0 nitrogen and oxygen atoms in total. The Bertz CT molecular complexity index is 1980. The number of benzene rings is 5. The van der Waals surface area contributed by atoms with Crippen LogP contribution >= 0.6 is 0 Å². The van der Waals surface area contributed by atoms with Crippen LogP contribution < -0.4 is 35.3 Å². The van der Waals surface area contributed by atoms with Crippen LogP contribution in [0.15, 0.2) is 103 Å². The van der Waals surface area contributed by atoms with E-state index >= 15 is 0 Å². The SMILES string of the molecule is CCc1ccc2c(c1)[C]([Zr+2])=c1c-2cc(=C(c2ccccc2)c2ccccc2)c(CC)c1C1C=Cc2cc(C)cc(C)c21.[Cl-].[Cl-]. The van der Waals surface area contributed by atoms with Gasteiger partial charge < -0.3 is 24.8 Å². The zero-order valence-corrected chi connectivity index (χ0v) is 29.6. The fraction of sp³-hybridized carbons (Fsp3) is 0.171. The molecule has 217 valence electrons. The molecule has 0 saturated carbocycles. The third-order valence-electron chi connectivity index (χ3n) is 9.18. The minimum atomic E-state index is 0. The number of hydrogen-bond acceptors (Lipinski definition) is 0. The molecule has 44 heavy (non-hydrogen) atoms. The van der Waals surface area contributed by atoms with Gasteiger partial charge in [0, 0.05) is 0 Å². The monoisotopic (exact) mass is 687 g/mol. The molecule has 7 rings (SSSR count). The van der Waals surface area contributed by atoms with Crippen LogP contribution in [0.4, 0.5) is 0 Å². The Morgan fingerprint density at radius 1 is 0.682 bits per heavy atom. The Labute approximate surface area is 289 Å². The summed E-state index contributed by atoms with van der Waals surface area (Å²) in [5.41, 5.74) is 18.1. The third kappa shape index (κ3) is 5.32. The topological polar surface area (TPSA) is 0 Å². The first kappa shape index (κ1) is 32.4. The molecule has 0 aliphatic heterocycles. The second kappa shape index (κ2) is 13.2. The van der Waals surface area contributed by atoms with Gasteiger partial charge in [0.15, 0.2) is 0 Å². The maximum atomic E-state index is 2.54. The molecule has 0 spiro atoms. The number of hydrogen-bond donors (Lipinski definition) is 0. The minimum absolute atomic E-state index is 0. The van der Waals surface area contributed by atoms with Crippen LogP contribution in [0.2, 0.25) is 0 Å². The van der Waals surface area contributed by atoms with Crippen molar-refractivity contribution in [3.05, 3.63) is 169 Å². The van der Waals surface area contributed by atoms with Gasteiger partial charge in [0.2, 0.25) is 0 Å². The van der Waals surface area contributed by atoms with Gasteiger partial charge >= 0.3 is 266 Å². The largest absolute Gasteiger partial charge is 1.00 e. The Kier molecular flexibility index (Phi) is 9.72. The molecule has 5 aromatic rings. The van der Waals surface area contributed by atoms with Gasteiger partial charge in [-0.25, -0.2) is 0 Å². The van der Waals surface area contributed by atoms with Gasteiger partial charge in [0.1, 0.15) is 0 Å². The summed E-state index contributed by atoms with van der Waals surface area (Å²) in [5, 5.41) is 2.85. The van der Waals surface area contributed by atoms with E-state index in [1.54, 1.807) is 0 Å². The number of allylic oxidation sites excluding steroid dienone is 1. The smallest absolute Gasteiger partial charge is 1.00 e. The fourth-order valence-corrected chi connectivity index (χ4v) is 8.53. The van der Waals surface area contributed by atoms with Crippen molar-refractivity contribution < 1.29 is 49.5 Å². The van der Waals surface area contributed by atoms with Gasteiger partial charge in [-0.1, -0.05) is 0 Å². The predicted molar refractivity (Wildman–Crippen MR) is 174 cm³/mol. The first-order valence-electron chi connectivity index (χ1n) is 15.2. The van der Waals surface area contributed by atoms with E-state index in [4.69, 9.17) is 0 Å². The second-order valence-electron chi connectivity index (χ2n) is 11.7. The van der Waals surface area contributed by atoms with E-state index in [9.17, 15) is 0 Å². The second-order valence-corrected chi connectivity index (χ2v) is 13.0. The normalized spacial score (nSPS) is 14.0. The molecule has 1 atom stereocenters. The molecule has 0 amide bonds. The summed E-state index contributed by atoms with van der Waals surface area (Å²) in [6.07, 6.45) is 6.88. The number of aryl methyl sites for hydroxylation is 3. The maximum Gasteiger partial charge on any atom is -1.00 e. The van der Waals surface area contributed by atoms with Gasteiger partial charge in [0.05, 0.1) is 0 Å². The van der Waals surface area contributed by atoms with Gasteiger partial charge in [-0.05, 0) is 0 Å². The molecule has 0 heterocycles. The number of rotatable bonds is 5. The Balaban J connectivity index is 0.00000192. The van der Waals surface area contributed by atoms with E-state index in [-0.39, 0.29) is 30.7 Å². The average molecular weight is 690 g/mol. The molecule has 0 bridgehead atoms. The number of halogens is 2. The van der Waals surface area contributed by atoms with Gasteiger partial charge in [0.25, 0.3) is 0 Å². The summed E-state index contributed by atoms with van der Waals surface area (Å²) in [6, 6.07) is 36.5. The van der Waals surface area contributed by atoms with Crippen molar-refractivity contribution in [2.24, 2.45) is 0 Å². The quantitative estimate of drug-likeness (QED) is 0.267. The average Bonchev–Trinajstić information content (AvgIpc) is 3.56. The third-order valence-corrected chi connectivity index (χ3v) is 10.5. The zero-order chi connectivity index (χ0) is 29.0. The van der Waals surface area contributed by atoms with E-state index in [0.717, 1.165) is 12.8 Å². The summed E-state index contributed by atoms with van der Waals surface area (Å²) in [4.78, 5) is 0. The molecule has 0 radical (unpaired) electrons. The van der Waals surface area contributed by atoms with Crippen LogP contribution in [0.25, 0.3) is 26.1 Å². The molecule has 2 aliphatic rings. The summed E-state index contributed by atoms with van der Waals surface area (Å²) in [5.74, 6) is 0.243. The molecule has 0 N–H and O–H groups in total. The van der Waals surface area contributed by atoms with Crippen molar-refractivity contribution >= 4 is 14.9 Å². The summed E-state index contributed by atoms with van der Waals surface area (Å²) >= 11 is 1.48. The van der Waals surface area contributed by atoms with Crippen LogP contribution in [0.5, 0.6) is 0 Å². The van der Waals surface area contributed by atoms with Gasteiger partial charge in [-0.15, -0.1) is 0 Å². The molecule has 0 fully saturated rings. The summed E-state index contributed by atoms with van der Waals surface area (Å²) in [7, 11) is 0. The predicted octanol–water partition coefficient (Wildman–Crippen LogP) is 2.53.